The van der Waals surface area contributed by atoms with E-state index in [0.717, 1.165) is 16.0 Å². The average molecular weight is 330 g/mol. The molecular weight excluding hydrogens is 318 g/mol. The van der Waals surface area contributed by atoms with Crippen molar-refractivity contribution in [3.8, 4) is 10.4 Å². The van der Waals surface area contributed by atoms with Gasteiger partial charge < -0.3 is 15.3 Å². The lowest BCUT2D eigenvalue weighted by molar-refractivity contribution is 0.0703. The molecule has 0 aliphatic heterocycles. The number of hydrogen-bond donors (Lipinski definition) is 2. The van der Waals surface area contributed by atoms with Gasteiger partial charge in [-0.3, -0.25) is 0 Å². The summed E-state index contributed by atoms with van der Waals surface area (Å²) in [5, 5.41) is 9.15. The number of aromatic carboxylic acids is 1. The minimum atomic E-state index is -0.995. The van der Waals surface area contributed by atoms with Gasteiger partial charge in [-0.2, -0.15) is 0 Å². The zero-order valence-electron chi connectivity index (χ0n) is 9.86. The Morgan fingerprint density at radius 1 is 1.56 bits per heavy atom. The third-order valence-corrected chi connectivity index (χ3v) is 4.47. The van der Waals surface area contributed by atoms with E-state index < -0.39 is 5.97 Å². The fraction of sp³-hybridized carbons (Fsp3) is 0.250. The van der Waals surface area contributed by atoms with Gasteiger partial charge in [0.2, 0.25) is 0 Å². The molecule has 2 aromatic rings. The lowest BCUT2D eigenvalue weighted by Gasteiger charge is -2.07. The van der Waals surface area contributed by atoms with Crippen molar-refractivity contribution in [1.29, 1.82) is 0 Å². The van der Waals surface area contributed by atoms with E-state index in [1.165, 1.54) is 11.3 Å². The van der Waals surface area contributed by atoms with Crippen LogP contribution in [0.4, 0.5) is 5.69 Å². The predicted octanol–water partition coefficient (Wildman–Crippen LogP) is 4.17. The molecule has 0 amide bonds. The topological polar surface area (TPSA) is 76.5 Å². The van der Waals surface area contributed by atoms with Crippen molar-refractivity contribution in [2.24, 2.45) is 0 Å². The average Bonchev–Trinajstić information content (AvgIpc) is 2.81. The molecule has 18 heavy (non-hydrogen) atoms. The largest absolute Gasteiger partial charge is 0.477 e. The molecule has 0 saturated carbocycles. The molecule has 0 fully saturated rings. The molecule has 2 aromatic heterocycles. The van der Waals surface area contributed by atoms with Crippen LogP contribution in [0.3, 0.4) is 0 Å². The van der Waals surface area contributed by atoms with Gasteiger partial charge in [-0.05, 0) is 33.5 Å². The Labute approximate surface area is 117 Å². The quantitative estimate of drug-likeness (QED) is 0.885. The number of nitrogen functional groups attached to an aromatic ring is 1. The van der Waals surface area contributed by atoms with Crippen LogP contribution in [0, 0.1) is 0 Å². The zero-order valence-corrected chi connectivity index (χ0v) is 12.3. The molecule has 0 spiro atoms. The summed E-state index contributed by atoms with van der Waals surface area (Å²) in [6.07, 6.45) is 1.56. The summed E-state index contributed by atoms with van der Waals surface area (Å²) >= 11 is 4.49. The number of carboxylic acids is 1. The number of anilines is 1. The molecule has 0 unspecified atom stereocenters. The van der Waals surface area contributed by atoms with Crippen LogP contribution in [0.5, 0.6) is 0 Å². The summed E-state index contributed by atoms with van der Waals surface area (Å²) in [6.45, 7) is 3.98. The second-order valence-corrected chi connectivity index (χ2v) is 5.90. The van der Waals surface area contributed by atoms with Gasteiger partial charge in [0, 0.05) is 10.4 Å². The minimum absolute atomic E-state index is 0.145. The van der Waals surface area contributed by atoms with Crippen molar-refractivity contribution in [3.05, 3.63) is 27.4 Å². The molecule has 0 atom stereocenters. The molecule has 3 N–H and O–H groups in total. The molecule has 4 nitrogen and oxygen atoms in total. The molecule has 2 heterocycles. The summed E-state index contributed by atoms with van der Waals surface area (Å²) in [5.74, 6) is -0.851. The van der Waals surface area contributed by atoms with Crippen LogP contribution in [0.2, 0.25) is 0 Å². The van der Waals surface area contributed by atoms with Crippen LogP contribution in [0.1, 0.15) is 35.0 Å². The SMILES string of the molecule is CC(C)c1c(-c2ccoc2Br)sc(C(=O)O)c1N. The van der Waals surface area contributed by atoms with Gasteiger partial charge in [-0.1, -0.05) is 13.8 Å². The highest BCUT2D eigenvalue weighted by Crippen LogP contribution is 2.45. The van der Waals surface area contributed by atoms with Crippen LogP contribution in [0.15, 0.2) is 21.4 Å². The van der Waals surface area contributed by atoms with Crippen molar-refractivity contribution >= 4 is 38.9 Å². The van der Waals surface area contributed by atoms with E-state index in [0.29, 0.717) is 10.4 Å². The number of thiophene rings is 1. The summed E-state index contributed by atoms with van der Waals surface area (Å²) in [4.78, 5) is 12.2. The van der Waals surface area contributed by atoms with E-state index >= 15 is 0 Å². The van der Waals surface area contributed by atoms with Crippen LogP contribution in [0.25, 0.3) is 10.4 Å². The molecule has 0 aliphatic rings. The van der Waals surface area contributed by atoms with E-state index in [4.69, 9.17) is 15.3 Å². The lowest BCUT2D eigenvalue weighted by Crippen LogP contribution is -2.00. The summed E-state index contributed by atoms with van der Waals surface area (Å²) in [6, 6.07) is 1.80. The smallest absolute Gasteiger partial charge is 0.348 e. The first-order valence-corrected chi connectivity index (χ1v) is 6.93. The normalized spacial score (nSPS) is 11.1. The lowest BCUT2D eigenvalue weighted by atomic mass is 9.99. The van der Waals surface area contributed by atoms with E-state index in [2.05, 4.69) is 15.9 Å². The Bertz CT molecular complexity index is 600. The van der Waals surface area contributed by atoms with Gasteiger partial charge in [-0.15, -0.1) is 11.3 Å². The van der Waals surface area contributed by atoms with Gasteiger partial charge in [0.05, 0.1) is 12.0 Å². The van der Waals surface area contributed by atoms with E-state index in [1.54, 1.807) is 12.3 Å². The molecule has 0 saturated heterocycles. The summed E-state index contributed by atoms with van der Waals surface area (Å²) in [7, 11) is 0. The fourth-order valence-electron chi connectivity index (χ4n) is 1.84. The Kier molecular flexibility index (Phi) is 3.49. The van der Waals surface area contributed by atoms with Gasteiger partial charge in [0.15, 0.2) is 4.67 Å². The third-order valence-electron chi connectivity index (χ3n) is 2.62. The number of furan rings is 1. The Morgan fingerprint density at radius 3 is 2.67 bits per heavy atom. The molecule has 96 valence electrons. The van der Waals surface area contributed by atoms with Gasteiger partial charge in [-0.25, -0.2) is 4.79 Å². The van der Waals surface area contributed by atoms with Crippen LogP contribution < -0.4 is 5.73 Å². The van der Waals surface area contributed by atoms with Crippen LogP contribution in [-0.4, -0.2) is 11.1 Å². The van der Waals surface area contributed by atoms with Crippen molar-refractivity contribution < 1.29 is 14.3 Å². The first-order chi connectivity index (χ1) is 8.43. The van der Waals surface area contributed by atoms with E-state index in [-0.39, 0.29) is 10.8 Å². The molecule has 6 heteroatoms. The number of halogens is 1. The summed E-state index contributed by atoms with van der Waals surface area (Å²) < 4.78 is 5.78. The Morgan fingerprint density at radius 2 is 2.22 bits per heavy atom. The number of nitrogens with two attached hydrogens (primary N) is 1. The monoisotopic (exact) mass is 329 g/mol. The number of carboxylic acid groups (broad SMARTS) is 1. The molecule has 0 bridgehead atoms. The highest BCUT2D eigenvalue weighted by molar-refractivity contribution is 9.10. The van der Waals surface area contributed by atoms with Crippen molar-refractivity contribution in [3.63, 3.8) is 0 Å². The van der Waals surface area contributed by atoms with E-state index in [1.807, 2.05) is 13.8 Å². The number of hydrogen-bond acceptors (Lipinski definition) is 4. The number of carbonyl (C=O) groups is 1. The van der Waals surface area contributed by atoms with Gasteiger partial charge in [0.25, 0.3) is 0 Å². The van der Waals surface area contributed by atoms with Crippen LogP contribution >= 0.6 is 27.3 Å². The van der Waals surface area contributed by atoms with Gasteiger partial charge in [0.1, 0.15) is 4.88 Å². The first kappa shape index (κ1) is 13.2. The molecular formula is C12H12BrNO3S. The maximum atomic E-state index is 11.2. The third kappa shape index (κ3) is 2.06. The highest BCUT2D eigenvalue weighted by atomic mass is 79.9. The highest BCUT2D eigenvalue weighted by Gasteiger charge is 2.24. The minimum Gasteiger partial charge on any atom is -0.477 e. The number of rotatable bonds is 3. The Balaban J connectivity index is 2.71. The molecule has 0 aromatic carbocycles. The standard InChI is InChI=1S/C12H12BrNO3S/c1-5(2)7-8(14)10(12(15)16)18-9(7)6-3-4-17-11(6)13/h3-5H,14H2,1-2H3,(H,15,16). The van der Waals surface area contributed by atoms with Crippen molar-refractivity contribution in [2.45, 2.75) is 19.8 Å². The molecule has 0 radical (unpaired) electrons. The second kappa shape index (κ2) is 4.78. The first-order valence-electron chi connectivity index (χ1n) is 5.32. The Hall–Kier alpha value is -1.27. The predicted molar refractivity (Wildman–Crippen MR) is 75.2 cm³/mol. The van der Waals surface area contributed by atoms with Gasteiger partial charge >= 0.3 is 5.97 Å². The maximum Gasteiger partial charge on any atom is 0.348 e. The molecule has 2 rings (SSSR count). The second-order valence-electron chi connectivity index (χ2n) is 4.16. The van der Waals surface area contributed by atoms with Crippen molar-refractivity contribution in [2.75, 3.05) is 5.73 Å². The van der Waals surface area contributed by atoms with Crippen LogP contribution in [-0.2, 0) is 0 Å². The zero-order chi connectivity index (χ0) is 13.4. The van der Waals surface area contributed by atoms with Crippen molar-refractivity contribution in [1.82, 2.24) is 0 Å². The summed E-state index contributed by atoms with van der Waals surface area (Å²) in [5.41, 5.74) is 7.99. The van der Waals surface area contributed by atoms with E-state index in [9.17, 15) is 4.79 Å². The molecule has 0 aliphatic carbocycles. The maximum absolute atomic E-state index is 11.2. The fourth-order valence-corrected chi connectivity index (χ4v) is 3.65.